The topological polar surface area (TPSA) is 82.5 Å². The van der Waals surface area contributed by atoms with Gasteiger partial charge in [0.2, 0.25) is 12.7 Å². The molecule has 1 aliphatic heterocycles. The molecular formula is C25H20ClN3O4S. The number of aromatic nitrogens is 2. The van der Waals surface area contributed by atoms with E-state index in [0.717, 1.165) is 5.56 Å². The number of hydrogen-bond donors (Lipinski definition) is 1. The van der Waals surface area contributed by atoms with Crippen LogP contribution in [-0.2, 0) is 11.3 Å². The van der Waals surface area contributed by atoms with Crippen molar-refractivity contribution in [1.82, 2.24) is 14.9 Å². The van der Waals surface area contributed by atoms with Crippen molar-refractivity contribution in [3.63, 3.8) is 0 Å². The summed E-state index contributed by atoms with van der Waals surface area (Å²) in [5.41, 5.74) is 1.84. The fourth-order valence-electron chi connectivity index (χ4n) is 3.63. The van der Waals surface area contributed by atoms with Gasteiger partial charge in [0.1, 0.15) is 0 Å². The second kappa shape index (κ2) is 9.40. The predicted molar refractivity (Wildman–Crippen MR) is 132 cm³/mol. The first-order chi connectivity index (χ1) is 16.5. The third kappa shape index (κ3) is 4.47. The van der Waals surface area contributed by atoms with E-state index in [4.69, 9.17) is 26.1 Å². The standard InChI is InChI=1S/C25H20ClN3O4S/c1-15(23(30)27-13-16-9-10-21-22(11-16)33-14-32-21)34-25-28-20-8-3-2-7-19(20)24(31)29(25)18-6-4-5-17(26)12-18/h2-12,15H,13-14H2,1H3,(H,27,30). The van der Waals surface area contributed by atoms with E-state index in [1.165, 1.54) is 16.3 Å². The summed E-state index contributed by atoms with van der Waals surface area (Å²) in [5.74, 6) is 1.18. The molecule has 1 unspecified atom stereocenters. The monoisotopic (exact) mass is 493 g/mol. The van der Waals surface area contributed by atoms with Gasteiger partial charge in [-0.15, -0.1) is 0 Å². The lowest BCUT2D eigenvalue weighted by atomic mass is 10.2. The van der Waals surface area contributed by atoms with Crippen LogP contribution in [0.2, 0.25) is 5.02 Å². The molecule has 1 aromatic heterocycles. The van der Waals surface area contributed by atoms with Crippen LogP contribution in [0.1, 0.15) is 12.5 Å². The number of thioether (sulfide) groups is 1. The number of amides is 1. The molecule has 9 heteroatoms. The van der Waals surface area contributed by atoms with E-state index < -0.39 is 5.25 Å². The van der Waals surface area contributed by atoms with Gasteiger partial charge in [0.05, 0.1) is 21.8 Å². The highest BCUT2D eigenvalue weighted by Gasteiger charge is 2.21. The molecule has 1 N–H and O–H groups in total. The Morgan fingerprint density at radius 3 is 2.79 bits per heavy atom. The maximum absolute atomic E-state index is 13.4. The summed E-state index contributed by atoms with van der Waals surface area (Å²) in [7, 11) is 0. The molecule has 0 fully saturated rings. The van der Waals surface area contributed by atoms with Gasteiger partial charge < -0.3 is 14.8 Å². The molecule has 3 aromatic carbocycles. The highest BCUT2D eigenvalue weighted by molar-refractivity contribution is 8.00. The number of nitrogens with one attached hydrogen (secondary N) is 1. The third-order valence-electron chi connectivity index (χ3n) is 5.37. The molecule has 1 aliphatic rings. The molecule has 2 heterocycles. The van der Waals surface area contributed by atoms with Crippen LogP contribution < -0.4 is 20.3 Å². The van der Waals surface area contributed by atoms with Crippen LogP contribution in [0.4, 0.5) is 0 Å². The Balaban J connectivity index is 1.40. The van der Waals surface area contributed by atoms with Crippen LogP contribution in [0.5, 0.6) is 11.5 Å². The molecule has 4 aromatic rings. The Bertz CT molecular complexity index is 1460. The molecule has 0 bridgehead atoms. The SMILES string of the molecule is CC(Sc1nc2ccccc2c(=O)n1-c1cccc(Cl)c1)C(=O)NCc1ccc2c(c1)OCO2. The van der Waals surface area contributed by atoms with Gasteiger partial charge in [0.25, 0.3) is 5.56 Å². The molecule has 34 heavy (non-hydrogen) atoms. The summed E-state index contributed by atoms with van der Waals surface area (Å²) in [5, 5.41) is 3.84. The summed E-state index contributed by atoms with van der Waals surface area (Å²) < 4.78 is 12.2. The zero-order valence-electron chi connectivity index (χ0n) is 18.2. The van der Waals surface area contributed by atoms with Crippen molar-refractivity contribution >= 4 is 40.2 Å². The molecular weight excluding hydrogens is 474 g/mol. The number of carbonyl (C=O) groups excluding carboxylic acids is 1. The lowest BCUT2D eigenvalue weighted by Gasteiger charge is -2.17. The van der Waals surface area contributed by atoms with Crippen LogP contribution in [0, 0.1) is 0 Å². The zero-order valence-corrected chi connectivity index (χ0v) is 19.7. The molecule has 0 saturated heterocycles. The second-order valence-corrected chi connectivity index (χ2v) is 9.44. The normalized spacial score (nSPS) is 13.1. The quantitative estimate of drug-likeness (QED) is 0.313. The van der Waals surface area contributed by atoms with Gasteiger partial charge >= 0.3 is 0 Å². The lowest BCUT2D eigenvalue weighted by molar-refractivity contribution is -0.120. The van der Waals surface area contributed by atoms with E-state index in [-0.39, 0.29) is 18.3 Å². The largest absolute Gasteiger partial charge is 0.454 e. The van der Waals surface area contributed by atoms with Crippen molar-refractivity contribution in [1.29, 1.82) is 0 Å². The van der Waals surface area contributed by atoms with Crippen molar-refractivity contribution in [2.75, 3.05) is 6.79 Å². The fraction of sp³-hybridized carbons (Fsp3) is 0.160. The van der Waals surface area contributed by atoms with Crippen LogP contribution in [0.15, 0.2) is 76.7 Å². The van der Waals surface area contributed by atoms with Gasteiger partial charge in [-0.2, -0.15) is 0 Å². The van der Waals surface area contributed by atoms with Crippen molar-refractivity contribution in [2.24, 2.45) is 0 Å². The number of fused-ring (bicyclic) bond motifs is 2. The number of rotatable bonds is 6. The van der Waals surface area contributed by atoms with Gasteiger partial charge in [-0.25, -0.2) is 4.98 Å². The van der Waals surface area contributed by atoms with E-state index in [2.05, 4.69) is 5.32 Å². The first-order valence-electron chi connectivity index (χ1n) is 10.6. The van der Waals surface area contributed by atoms with E-state index in [1.54, 1.807) is 49.4 Å². The van der Waals surface area contributed by atoms with E-state index in [1.807, 2.05) is 24.3 Å². The van der Waals surface area contributed by atoms with Gasteiger partial charge in [0, 0.05) is 11.6 Å². The highest BCUT2D eigenvalue weighted by atomic mass is 35.5. The van der Waals surface area contributed by atoms with Crippen molar-refractivity contribution < 1.29 is 14.3 Å². The fourth-order valence-corrected chi connectivity index (χ4v) is 4.77. The summed E-state index contributed by atoms with van der Waals surface area (Å²) in [4.78, 5) is 30.9. The lowest BCUT2D eigenvalue weighted by Crippen LogP contribution is -2.31. The summed E-state index contributed by atoms with van der Waals surface area (Å²) in [6, 6.07) is 19.7. The van der Waals surface area contributed by atoms with Gasteiger partial charge in [0.15, 0.2) is 16.7 Å². The highest BCUT2D eigenvalue weighted by Crippen LogP contribution is 2.32. The van der Waals surface area contributed by atoms with Crippen molar-refractivity contribution in [2.45, 2.75) is 23.9 Å². The molecule has 1 amide bonds. The zero-order chi connectivity index (χ0) is 23.7. The summed E-state index contributed by atoms with van der Waals surface area (Å²) in [6.07, 6.45) is 0. The van der Waals surface area contributed by atoms with Crippen LogP contribution in [0.3, 0.4) is 0 Å². The summed E-state index contributed by atoms with van der Waals surface area (Å²) >= 11 is 7.40. The second-order valence-electron chi connectivity index (χ2n) is 7.70. The maximum Gasteiger partial charge on any atom is 0.266 e. The summed E-state index contributed by atoms with van der Waals surface area (Å²) in [6.45, 7) is 2.32. The number of hydrogen-bond acceptors (Lipinski definition) is 6. The average molecular weight is 494 g/mol. The maximum atomic E-state index is 13.4. The molecule has 0 spiro atoms. The van der Waals surface area contributed by atoms with E-state index in [0.29, 0.717) is 44.8 Å². The molecule has 0 saturated carbocycles. The molecule has 5 rings (SSSR count). The van der Waals surface area contributed by atoms with Crippen molar-refractivity contribution in [3.8, 4) is 17.2 Å². The van der Waals surface area contributed by atoms with Crippen LogP contribution in [-0.4, -0.2) is 27.5 Å². The van der Waals surface area contributed by atoms with E-state index in [9.17, 15) is 9.59 Å². The Kier molecular flexibility index (Phi) is 6.17. The number of halogens is 1. The number of benzene rings is 3. The Morgan fingerprint density at radius 2 is 1.94 bits per heavy atom. The van der Waals surface area contributed by atoms with Gasteiger partial charge in [-0.05, 0) is 55.0 Å². The Morgan fingerprint density at radius 1 is 1.12 bits per heavy atom. The number of ether oxygens (including phenoxy) is 2. The van der Waals surface area contributed by atoms with Gasteiger partial charge in [-0.1, -0.05) is 47.6 Å². The molecule has 0 radical (unpaired) electrons. The number of para-hydroxylation sites is 1. The smallest absolute Gasteiger partial charge is 0.266 e. The minimum absolute atomic E-state index is 0.178. The first kappa shape index (κ1) is 22.3. The predicted octanol–water partition coefficient (Wildman–Crippen LogP) is 4.56. The van der Waals surface area contributed by atoms with Crippen LogP contribution in [0.25, 0.3) is 16.6 Å². The molecule has 7 nitrogen and oxygen atoms in total. The van der Waals surface area contributed by atoms with Crippen LogP contribution >= 0.6 is 23.4 Å². The third-order valence-corrected chi connectivity index (χ3v) is 6.65. The van der Waals surface area contributed by atoms with Gasteiger partial charge in [-0.3, -0.25) is 14.2 Å². The molecule has 172 valence electrons. The van der Waals surface area contributed by atoms with E-state index >= 15 is 0 Å². The Hall–Kier alpha value is -3.49. The Labute approximate surface area is 204 Å². The van der Waals surface area contributed by atoms with Crippen molar-refractivity contribution in [3.05, 3.63) is 87.7 Å². The molecule has 1 atom stereocenters. The molecule has 0 aliphatic carbocycles. The number of carbonyl (C=O) groups is 1. The minimum Gasteiger partial charge on any atom is -0.454 e. The average Bonchev–Trinajstić information content (AvgIpc) is 3.30. The minimum atomic E-state index is -0.507. The number of nitrogens with zero attached hydrogens (tertiary/aromatic N) is 2. The first-order valence-corrected chi connectivity index (χ1v) is 11.9.